The van der Waals surface area contributed by atoms with E-state index in [-0.39, 0.29) is 24.0 Å². The molecule has 1 unspecified atom stereocenters. The van der Waals surface area contributed by atoms with Gasteiger partial charge >= 0.3 is 0 Å². The number of nitrogens with one attached hydrogen (secondary N) is 1. The molecule has 304 valence electrons. The number of nitrogens with zero attached hydrogens (tertiary/aromatic N) is 4. The lowest BCUT2D eigenvalue weighted by molar-refractivity contribution is -0.136. The average molecular weight is 778 g/mol. The summed E-state index contributed by atoms with van der Waals surface area (Å²) in [7, 11) is 0. The second-order valence-corrected chi connectivity index (χ2v) is 16.1. The molecule has 1 atom stereocenters. The van der Waals surface area contributed by atoms with Crippen LogP contribution >= 0.6 is 0 Å². The maximum atomic E-state index is 13.3. The molecule has 0 radical (unpaired) electrons. The molecule has 0 bridgehead atoms. The van der Waals surface area contributed by atoms with Crippen molar-refractivity contribution in [3.63, 3.8) is 0 Å². The molecule has 0 saturated carbocycles. The number of benzene rings is 3. The third-order valence-electron chi connectivity index (χ3n) is 12.4. The van der Waals surface area contributed by atoms with Crippen LogP contribution in [0.5, 0.6) is 5.75 Å². The summed E-state index contributed by atoms with van der Waals surface area (Å²) < 4.78 is 11.7. The van der Waals surface area contributed by atoms with Crippen molar-refractivity contribution in [1.29, 1.82) is 0 Å². The molecule has 3 fully saturated rings. The van der Waals surface area contributed by atoms with E-state index in [1.165, 1.54) is 39.9 Å². The Hall–Kier alpha value is -4.58. The minimum atomic E-state index is -0.987. The lowest BCUT2D eigenvalue weighted by atomic mass is 9.96. The summed E-state index contributed by atoms with van der Waals surface area (Å²) in [6, 6.07) is 18.5. The lowest BCUT2D eigenvalue weighted by Gasteiger charge is -2.37. The summed E-state index contributed by atoms with van der Waals surface area (Å²) in [4.78, 5) is 59.1. The van der Waals surface area contributed by atoms with Gasteiger partial charge in [0.1, 0.15) is 11.8 Å². The molecule has 0 spiro atoms. The largest absolute Gasteiger partial charge is 0.493 e. The number of carbonyl (C=O) groups is 4. The highest BCUT2D eigenvalue weighted by molar-refractivity contribution is 6.24. The van der Waals surface area contributed by atoms with E-state index in [0.717, 1.165) is 102 Å². The monoisotopic (exact) mass is 777 g/mol. The fraction of sp³-hybridized carbons (Fsp3) is 0.522. The molecule has 1 N–H and O–H groups in total. The highest BCUT2D eigenvalue weighted by Gasteiger charge is 2.46. The van der Waals surface area contributed by atoms with Crippen molar-refractivity contribution in [1.82, 2.24) is 20.0 Å². The van der Waals surface area contributed by atoms with E-state index in [0.29, 0.717) is 18.4 Å². The second kappa shape index (κ2) is 18.8. The summed E-state index contributed by atoms with van der Waals surface area (Å²) in [5.41, 5.74) is 8.46. The van der Waals surface area contributed by atoms with Crippen LogP contribution in [-0.4, -0.2) is 110 Å². The minimum Gasteiger partial charge on any atom is -0.493 e. The van der Waals surface area contributed by atoms with E-state index >= 15 is 0 Å². The zero-order chi connectivity index (χ0) is 39.9. The molecular formula is C46H59N5O6. The zero-order valence-corrected chi connectivity index (χ0v) is 34.0. The first-order valence-electron chi connectivity index (χ1n) is 21.2. The first-order valence-corrected chi connectivity index (χ1v) is 21.2. The van der Waals surface area contributed by atoms with Crippen LogP contribution in [0.2, 0.25) is 0 Å². The average Bonchev–Trinajstić information content (AvgIpc) is 3.48. The van der Waals surface area contributed by atoms with E-state index in [1.807, 2.05) is 0 Å². The van der Waals surface area contributed by atoms with E-state index < -0.39 is 29.7 Å². The maximum Gasteiger partial charge on any atom is 0.266 e. The fourth-order valence-electron chi connectivity index (χ4n) is 8.91. The summed E-state index contributed by atoms with van der Waals surface area (Å²) in [6.45, 7) is 16.4. The van der Waals surface area contributed by atoms with Crippen molar-refractivity contribution in [3.8, 4) is 16.9 Å². The standard InChI is InChI=1S/C46H59N5O6/c1-4-50(37-19-27-56-28-20-37)40-30-36(29-32(2)33(40)3)35-15-13-34(14-16-35)31-49-24-22-48(23-25-49)21-8-6-5-7-9-26-57-41-12-10-11-38-43(41)46(55)51(45(38)54)39-17-18-42(52)47-44(39)53/h10-16,29-30,37,39H,4-9,17-28,31H2,1-3H3,(H,47,52,53). The van der Waals surface area contributed by atoms with Crippen LogP contribution < -0.4 is 15.0 Å². The number of unbranched alkanes of at least 4 members (excludes halogenated alkanes) is 4. The molecule has 4 aliphatic heterocycles. The number of hydrogen-bond donors (Lipinski definition) is 1. The van der Waals surface area contributed by atoms with Crippen molar-refractivity contribution in [2.45, 2.75) is 97.2 Å². The van der Waals surface area contributed by atoms with Gasteiger partial charge in [-0.3, -0.25) is 34.3 Å². The molecule has 4 amide bonds. The van der Waals surface area contributed by atoms with Gasteiger partial charge < -0.3 is 19.3 Å². The quantitative estimate of drug-likeness (QED) is 0.128. The third-order valence-corrected chi connectivity index (χ3v) is 12.4. The summed E-state index contributed by atoms with van der Waals surface area (Å²) >= 11 is 0. The van der Waals surface area contributed by atoms with Crippen LogP contribution in [-0.2, 0) is 20.9 Å². The van der Waals surface area contributed by atoms with Crippen LogP contribution in [0.1, 0.15) is 102 Å². The first-order chi connectivity index (χ1) is 27.7. The predicted octanol–water partition coefficient (Wildman–Crippen LogP) is 6.52. The Morgan fingerprint density at radius 2 is 1.53 bits per heavy atom. The van der Waals surface area contributed by atoms with Gasteiger partial charge in [0.15, 0.2) is 0 Å². The molecule has 0 aliphatic carbocycles. The van der Waals surface area contributed by atoms with Gasteiger partial charge in [-0.25, -0.2) is 0 Å². The van der Waals surface area contributed by atoms with Crippen LogP contribution in [0.15, 0.2) is 54.6 Å². The number of fused-ring (bicyclic) bond motifs is 1. The Morgan fingerprint density at radius 3 is 2.26 bits per heavy atom. The minimum absolute atomic E-state index is 0.0898. The van der Waals surface area contributed by atoms with Gasteiger partial charge in [0.25, 0.3) is 11.8 Å². The van der Waals surface area contributed by atoms with Gasteiger partial charge in [-0.05, 0) is 105 Å². The summed E-state index contributed by atoms with van der Waals surface area (Å²) in [6.07, 6.45) is 7.72. The molecule has 11 nitrogen and oxygen atoms in total. The number of ether oxygens (including phenoxy) is 2. The predicted molar refractivity (Wildman–Crippen MR) is 222 cm³/mol. The van der Waals surface area contributed by atoms with Crippen molar-refractivity contribution in [2.24, 2.45) is 0 Å². The van der Waals surface area contributed by atoms with Gasteiger partial charge in [-0.15, -0.1) is 0 Å². The molecule has 0 aromatic heterocycles. The van der Waals surface area contributed by atoms with Gasteiger partial charge in [-0.1, -0.05) is 55.7 Å². The van der Waals surface area contributed by atoms with Crippen molar-refractivity contribution < 1.29 is 28.7 Å². The molecule has 3 saturated heterocycles. The van der Waals surface area contributed by atoms with E-state index in [4.69, 9.17) is 9.47 Å². The molecule has 7 rings (SSSR count). The van der Waals surface area contributed by atoms with Crippen LogP contribution in [0.4, 0.5) is 5.69 Å². The van der Waals surface area contributed by atoms with Crippen molar-refractivity contribution in [3.05, 3.63) is 82.4 Å². The SMILES string of the molecule is CCN(c1cc(-c2ccc(CN3CCN(CCCCCCCOc4cccc5c4C(=O)N(C4CCC(=O)NC4=O)C5=O)CC3)cc2)cc(C)c1C)C1CCOCC1. The number of rotatable bonds is 16. The number of piperidine rings is 1. The van der Waals surface area contributed by atoms with Crippen LogP contribution in [0, 0.1) is 13.8 Å². The topological polar surface area (TPSA) is 112 Å². The Kier molecular flexibility index (Phi) is 13.4. The van der Waals surface area contributed by atoms with Gasteiger partial charge in [0.2, 0.25) is 11.8 Å². The molecule has 3 aromatic carbocycles. The van der Waals surface area contributed by atoms with E-state index in [2.05, 4.69) is 77.2 Å². The van der Waals surface area contributed by atoms with E-state index in [9.17, 15) is 19.2 Å². The summed E-state index contributed by atoms with van der Waals surface area (Å²) in [5, 5.41) is 2.24. The third kappa shape index (κ3) is 9.43. The molecule has 3 aromatic rings. The Morgan fingerprint density at radius 1 is 0.807 bits per heavy atom. The Bertz CT molecular complexity index is 1920. The number of hydrogen-bond acceptors (Lipinski definition) is 9. The van der Waals surface area contributed by atoms with Crippen LogP contribution in [0.3, 0.4) is 0 Å². The lowest BCUT2D eigenvalue weighted by Crippen LogP contribution is -2.54. The maximum absolute atomic E-state index is 13.3. The normalized spacial score (nSPS) is 19.6. The van der Waals surface area contributed by atoms with Gasteiger partial charge in [0.05, 0.1) is 17.7 Å². The van der Waals surface area contributed by atoms with E-state index in [1.54, 1.807) is 18.2 Å². The second-order valence-electron chi connectivity index (χ2n) is 16.1. The number of aryl methyl sites for hydroxylation is 1. The summed E-state index contributed by atoms with van der Waals surface area (Å²) in [5.74, 6) is -1.70. The number of carbonyl (C=O) groups excluding carboxylic acids is 4. The Labute approximate surface area is 337 Å². The molecule has 4 heterocycles. The first kappa shape index (κ1) is 40.6. The molecule has 11 heteroatoms. The van der Waals surface area contributed by atoms with Gasteiger partial charge in [-0.2, -0.15) is 0 Å². The highest BCUT2D eigenvalue weighted by atomic mass is 16.5. The van der Waals surface area contributed by atoms with Crippen LogP contribution in [0.25, 0.3) is 11.1 Å². The molecule has 4 aliphatic rings. The number of piperazine rings is 1. The zero-order valence-electron chi connectivity index (χ0n) is 34.0. The highest BCUT2D eigenvalue weighted by Crippen LogP contribution is 2.35. The number of anilines is 1. The van der Waals surface area contributed by atoms with Crippen molar-refractivity contribution in [2.75, 3.05) is 64.0 Å². The molecule has 57 heavy (non-hydrogen) atoms. The number of imide groups is 2. The fourth-order valence-corrected chi connectivity index (χ4v) is 8.91. The molecular weight excluding hydrogens is 719 g/mol. The smallest absolute Gasteiger partial charge is 0.266 e. The number of amides is 4. The van der Waals surface area contributed by atoms with Crippen molar-refractivity contribution >= 4 is 29.3 Å². The Balaban J connectivity index is 0.793. The van der Waals surface area contributed by atoms with Gasteiger partial charge in [0, 0.05) is 70.6 Å².